The van der Waals surface area contributed by atoms with Crippen LogP contribution in [0.15, 0.2) is 54.6 Å². The second-order valence-corrected chi connectivity index (χ2v) is 7.88. The van der Waals surface area contributed by atoms with Crippen LogP contribution < -0.4 is 5.32 Å². The molecule has 3 amide bonds. The lowest BCUT2D eigenvalue weighted by atomic mass is 10.0. The Morgan fingerprint density at radius 1 is 1.00 bits per heavy atom. The Balaban J connectivity index is 1.86. The van der Waals surface area contributed by atoms with Crippen molar-refractivity contribution in [1.29, 1.82) is 0 Å². The van der Waals surface area contributed by atoms with Crippen molar-refractivity contribution >= 4 is 35.5 Å². The number of fused-ring (bicyclic) bond motifs is 1. The minimum Gasteiger partial charge on any atom is -0.480 e. The first-order valence-corrected chi connectivity index (χ1v) is 10.9. The molecule has 2 N–H and O–H groups in total. The van der Waals surface area contributed by atoms with E-state index in [1.54, 1.807) is 54.6 Å². The summed E-state index contributed by atoms with van der Waals surface area (Å²) in [6, 6.07) is 13.5. The third kappa shape index (κ3) is 4.54. The molecule has 3 rings (SSSR count). The fraction of sp³-hybridized carbons (Fsp3) is 0.273. The van der Waals surface area contributed by atoms with Crippen molar-refractivity contribution in [1.82, 2.24) is 10.2 Å². The topological polar surface area (TPSA) is 104 Å². The molecule has 7 nitrogen and oxygen atoms in total. The maximum Gasteiger partial charge on any atom is 0.326 e. The van der Waals surface area contributed by atoms with Crippen LogP contribution in [0.25, 0.3) is 0 Å². The highest BCUT2D eigenvalue weighted by Gasteiger charge is 2.41. The van der Waals surface area contributed by atoms with Crippen LogP contribution in [0.4, 0.5) is 0 Å². The Labute approximate surface area is 178 Å². The number of hydrogen-bond donors (Lipinski definition) is 2. The third-order valence-corrected chi connectivity index (χ3v) is 5.59. The van der Waals surface area contributed by atoms with E-state index in [9.17, 15) is 24.3 Å². The van der Waals surface area contributed by atoms with Gasteiger partial charge >= 0.3 is 5.97 Å². The summed E-state index contributed by atoms with van der Waals surface area (Å²) in [5, 5.41) is 11.9. The predicted octanol–water partition coefficient (Wildman–Crippen LogP) is 2.74. The minimum absolute atomic E-state index is 0.224. The molecule has 0 saturated carbocycles. The summed E-state index contributed by atoms with van der Waals surface area (Å²) in [5.74, 6) is -2.00. The van der Waals surface area contributed by atoms with Crippen molar-refractivity contribution in [2.75, 3.05) is 12.0 Å². The van der Waals surface area contributed by atoms with E-state index in [0.29, 0.717) is 22.4 Å². The summed E-state index contributed by atoms with van der Waals surface area (Å²) in [5.41, 5.74) is 1.22. The number of carboxylic acids is 1. The molecular formula is C22H22N2O5S. The molecule has 0 fully saturated rings. The lowest BCUT2D eigenvalue weighted by Crippen LogP contribution is -2.43. The van der Waals surface area contributed by atoms with Gasteiger partial charge in [0.1, 0.15) is 6.04 Å². The number of imide groups is 1. The summed E-state index contributed by atoms with van der Waals surface area (Å²) < 4.78 is 0. The van der Waals surface area contributed by atoms with Crippen LogP contribution >= 0.6 is 11.8 Å². The molecule has 1 aliphatic heterocycles. The van der Waals surface area contributed by atoms with Gasteiger partial charge in [0.2, 0.25) is 5.91 Å². The molecule has 2 unspecified atom stereocenters. The zero-order chi connectivity index (χ0) is 21.7. The van der Waals surface area contributed by atoms with Gasteiger partial charge in [0.05, 0.1) is 23.6 Å². The zero-order valence-corrected chi connectivity index (χ0v) is 17.2. The molecule has 0 spiro atoms. The number of nitrogens with one attached hydrogen (secondary N) is 1. The van der Waals surface area contributed by atoms with Crippen LogP contribution in [-0.2, 0) is 9.59 Å². The van der Waals surface area contributed by atoms with Gasteiger partial charge in [0, 0.05) is 0 Å². The average molecular weight is 426 g/mol. The van der Waals surface area contributed by atoms with E-state index in [2.05, 4.69) is 5.32 Å². The second kappa shape index (κ2) is 9.58. The van der Waals surface area contributed by atoms with Gasteiger partial charge in [0.15, 0.2) is 0 Å². The van der Waals surface area contributed by atoms with Gasteiger partial charge in [-0.05, 0) is 36.1 Å². The smallest absolute Gasteiger partial charge is 0.326 e. The number of amides is 3. The molecule has 8 heteroatoms. The normalized spacial score (nSPS) is 14.9. The summed E-state index contributed by atoms with van der Waals surface area (Å²) in [7, 11) is 0. The van der Waals surface area contributed by atoms with Crippen molar-refractivity contribution in [2.45, 2.75) is 24.9 Å². The molecule has 0 aromatic heterocycles. The average Bonchev–Trinajstić information content (AvgIpc) is 3.00. The first kappa shape index (κ1) is 21.6. The Kier molecular flexibility index (Phi) is 6.89. The highest BCUT2D eigenvalue weighted by atomic mass is 32.2. The van der Waals surface area contributed by atoms with Crippen molar-refractivity contribution in [3.63, 3.8) is 0 Å². The molecule has 0 saturated heterocycles. The van der Waals surface area contributed by atoms with Crippen molar-refractivity contribution in [3.8, 4) is 0 Å². The summed E-state index contributed by atoms with van der Waals surface area (Å²) in [6.45, 7) is 0. The van der Waals surface area contributed by atoms with E-state index in [-0.39, 0.29) is 12.8 Å². The summed E-state index contributed by atoms with van der Waals surface area (Å²) in [4.78, 5) is 51.2. The first-order valence-electron chi connectivity index (χ1n) is 9.47. The molecule has 30 heavy (non-hydrogen) atoms. The minimum atomic E-state index is -1.12. The molecule has 2 atom stereocenters. The van der Waals surface area contributed by atoms with Gasteiger partial charge in [-0.15, -0.1) is 0 Å². The third-order valence-electron chi connectivity index (χ3n) is 4.94. The molecule has 0 radical (unpaired) electrons. The molecule has 1 heterocycles. The van der Waals surface area contributed by atoms with Crippen LogP contribution in [0.1, 0.15) is 45.2 Å². The Morgan fingerprint density at radius 3 is 2.10 bits per heavy atom. The molecule has 2 aromatic carbocycles. The fourth-order valence-electron chi connectivity index (χ4n) is 3.45. The van der Waals surface area contributed by atoms with Gasteiger partial charge in [0.25, 0.3) is 11.8 Å². The quantitative estimate of drug-likeness (QED) is 0.598. The largest absolute Gasteiger partial charge is 0.480 e. The molecule has 1 aliphatic rings. The number of thioether (sulfide) groups is 1. The highest BCUT2D eigenvalue weighted by molar-refractivity contribution is 7.98. The molecule has 2 aromatic rings. The van der Waals surface area contributed by atoms with Gasteiger partial charge in [-0.1, -0.05) is 42.5 Å². The molecule has 0 aliphatic carbocycles. The van der Waals surface area contributed by atoms with Crippen molar-refractivity contribution < 1.29 is 24.3 Å². The Bertz CT molecular complexity index is 928. The van der Waals surface area contributed by atoms with E-state index in [0.717, 1.165) is 4.90 Å². The first-order chi connectivity index (χ1) is 14.4. The number of hydrogen-bond acceptors (Lipinski definition) is 5. The zero-order valence-electron chi connectivity index (χ0n) is 16.4. The van der Waals surface area contributed by atoms with Crippen molar-refractivity contribution in [3.05, 3.63) is 71.3 Å². The number of aliphatic carboxylic acids is 1. The Hall–Kier alpha value is -3.13. The van der Waals surface area contributed by atoms with Crippen LogP contribution in [0, 0.1) is 0 Å². The van der Waals surface area contributed by atoms with Gasteiger partial charge in [-0.3, -0.25) is 19.3 Å². The lowest BCUT2D eigenvalue weighted by Gasteiger charge is -2.27. The van der Waals surface area contributed by atoms with E-state index in [1.165, 1.54) is 11.8 Å². The maximum atomic E-state index is 13.0. The molecular weight excluding hydrogens is 404 g/mol. The van der Waals surface area contributed by atoms with Crippen LogP contribution in [-0.4, -0.2) is 51.7 Å². The number of carbonyl (C=O) groups is 4. The number of nitrogens with zero attached hydrogens (tertiary/aromatic N) is 1. The van der Waals surface area contributed by atoms with E-state index in [1.807, 2.05) is 6.26 Å². The van der Waals surface area contributed by atoms with Crippen LogP contribution in [0.5, 0.6) is 0 Å². The maximum absolute atomic E-state index is 13.0. The van der Waals surface area contributed by atoms with Gasteiger partial charge in [-0.25, -0.2) is 4.79 Å². The fourth-order valence-corrected chi connectivity index (χ4v) is 3.92. The predicted molar refractivity (Wildman–Crippen MR) is 113 cm³/mol. The Morgan fingerprint density at radius 2 is 1.57 bits per heavy atom. The number of carbonyl (C=O) groups excluding carboxylic acids is 3. The molecule has 156 valence electrons. The monoisotopic (exact) mass is 426 g/mol. The van der Waals surface area contributed by atoms with Crippen molar-refractivity contribution in [2.24, 2.45) is 0 Å². The highest BCUT2D eigenvalue weighted by Crippen LogP contribution is 2.33. The summed E-state index contributed by atoms with van der Waals surface area (Å²) in [6.07, 6.45) is 1.91. The van der Waals surface area contributed by atoms with Gasteiger partial charge < -0.3 is 10.4 Å². The van der Waals surface area contributed by atoms with Crippen LogP contribution in [0.2, 0.25) is 0 Å². The second-order valence-electron chi connectivity index (χ2n) is 6.90. The van der Waals surface area contributed by atoms with E-state index < -0.39 is 35.8 Å². The standard InChI is InChI=1S/C22H22N2O5S/c1-30-12-11-17(22(28)29)23-19(25)13-18(14-7-3-2-4-8-14)24-20(26)15-9-5-6-10-16(15)21(24)27/h2-10,17-18H,11-13H2,1H3,(H,23,25)(H,28,29). The van der Waals surface area contributed by atoms with Crippen LogP contribution in [0.3, 0.4) is 0 Å². The molecule has 0 bridgehead atoms. The van der Waals surface area contributed by atoms with Gasteiger partial charge in [-0.2, -0.15) is 11.8 Å². The van der Waals surface area contributed by atoms with E-state index in [4.69, 9.17) is 0 Å². The SMILES string of the molecule is CSCCC(NC(=O)CC(c1ccccc1)N1C(=O)c2ccccc2C1=O)C(=O)O. The number of carboxylic acid groups (broad SMARTS) is 1. The summed E-state index contributed by atoms with van der Waals surface area (Å²) >= 11 is 1.49. The lowest BCUT2D eigenvalue weighted by molar-refractivity contribution is -0.142. The number of rotatable bonds is 9. The number of benzene rings is 2. The van der Waals surface area contributed by atoms with E-state index >= 15 is 0 Å².